The number of rotatable bonds is 3. The molecule has 0 aliphatic carbocycles. The number of nitrogens with two attached hydrogens (primary N) is 1. The van der Waals surface area contributed by atoms with E-state index >= 15 is 0 Å². The van der Waals surface area contributed by atoms with Gasteiger partial charge in [0.05, 0.1) is 0 Å². The number of anilines is 2. The van der Waals surface area contributed by atoms with E-state index in [-0.39, 0.29) is 17.5 Å². The minimum absolute atomic E-state index is 0.0414. The molecule has 0 aliphatic rings. The molecular weight excluding hydrogens is 249 g/mol. The summed E-state index contributed by atoms with van der Waals surface area (Å²) >= 11 is 0. The second-order valence-electron chi connectivity index (χ2n) is 3.84. The fraction of sp³-hybridized carbons (Fsp3) is 0.0769. The summed E-state index contributed by atoms with van der Waals surface area (Å²) in [5.41, 5.74) is 5.86. The van der Waals surface area contributed by atoms with Crippen molar-refractivity contribution in [3.63, 3.8) is 0 Å². The molecule has 0 spiro atoms. The maximum absolute atomic E-state index is 13.8. The van der Waals surface area contributed by atoms with E-state index in [0.717, 1.165) is 0 Å². The van der Waals surface area contributed by atoms with E-state index in [4.69, 9.17) is 10.5 Å². The largest absolute Gasteiger partial charge is 0.454 e. The maximum atomic E-state index is 13.8. The van der Waals surface area contributed by atoms with Gasteiger partial charge in [0.1, 0.15) is 11.6 Å². The van der Waals surface area contributed by atoms with E-state index in [1.807, 2.05) is 0 Å². The molecule has 0 radical (unpaired) electrons. The lowest BCUT2D eigenvalue weighted by molar-refractivity contribution is -0.114. The highest BCUT2D eigenvalue weighted by Gasteiger charge is 2.07. The maximum Gasteiger partial charge on any atom is 0.221 e. The summed E-state index contributed by atoms with van der Waals surface area (Å²) in [5, 5.41) is 2.48. The highest BCUT2D eigenvalue weighted by molar-refractivity contribution is 5.88. The number of hydrogen-bond acceptors (Lipinski definition) is 4. The molecule has 0 unspecified atom stereocenters. The van der Waals surface area contributed by atoms with Crippen LogP contribution in [0.5, 0.6) is 11.5 Å². The second kappa shape index (κ2) is 5.34. The molecule has 0 atom stereocenters. The van der Waals surface area contributed by atoms with Crippen LogP contribution in [0.4, 0.5) is 15.9 Å². The van der Waals surface area contributed by atoms with Gasteiger partial charge in [-0.15, -0.1) is 0 Å². The monoisotopic (exact) mass is 261 g/mol. The van der Waals surface area contributed by atoms with E-state index in [1.54, 1.807) is 12.1 Å². The zero-order chi connectivity index (χ0) is 13.8. The van der Waals surface area contributed by atoms with Crippen molar-refractivity contribution in [3.8, 4) is 11.5 Å². The van der Waals surface area contributed by atoms with Crippen LogP contribution in [0.15, 0.2) is 36.5 Å². The van der Waals surface area contributed by atoms with Gasteiger partial charge in [0, 0.05) is 30.9 Å². The molecule has 1 aromatic heterocycles. The van der Waals surface area contributed by atoms with Gasteiger partial charge in [0.15, 0.2) is 11.6 Å². The van der Waals surface area contributed by atoms with Crippen molar-refractivity contribution in [1.82, 2.24) is 4.98 Å². The molecule has 0 saturated carbocycles. The third kappa shape index (κ3) is 3.41. The number of aromatic nitrogens is 1. The summed E-state index contributed by atoms with van der Waals surface area (Å²) in [6.45, 7) is 1.35. The summed E-state index contributed by atoms with van der Waals surface area (Å²) < 4.78 is 19.1. The molecule has 0 bridgehead atoms. The molecule has 3 N–H and O–H groups in total. The van der Waals surface area contributed by atoms with Crippen LogP contribution in [0.2, 0.25) is 0 Å². The van der Waals surface area contributed by atoms with E-state index in [9.17, 15) is 9.18 Å². The Balaban J connectivity index is 2.19. The first-order chi connectivity index (χ1) is 9.04. The highest BCUT2D eigenvalue weighted by atomic mass is 19.1. The van der Waals surface area contributed by atoms with Crippen LogP contribution in [0.25, 0.3) is 0 Å². The SMILES string of the molecule is CC(=O)Nc1ccc(Oc2ccnc(N)c2)c(F)c1. The van der Waals surface area contributed by atoms with Crippen LogP contribution < -0.4 is 15.8 Å². The summed E-state index contributed by atoms with van der Waals surface area (Å²) in [7, 11) is 0. The summed E-state index contributed by atoms with van der Waals surface area (Å²) in [5.74, 6) is -0.136. The fourth-order valence-corrected chi connectivity index (χ4v) is 1.48. The Bertz CT molecular complexity index is 617. The Morgan fingerprint density at radius 2 is 2.16 bits per heavy atom. The zero-order valence-electron chi connectivity index (χ0n) is 10.2. The van der Waals surface area contributed by atoms with Gasteiger partial charge in [-0.3, -0.25) is 4.79 Å². The van der Waals surface area contributed by atoms with E-state index < -0.39 is 5.82 Å². The standard InChI is InChI=1S/C13H12FN3O2/c1-8(18)17-9-2-3-12(11(14)6-9)19-10-4-5-16-13(15)7-10/h2-7H,1H3,(H2,15,16)(H,17,18). The number of carbonyl (C=O) groups is 1. The van der Waals surface area contributed by atoms with Crippen LogP contribution in [0.1, 0.15) is 6.92 Å². The van der Waals surface area contributed by atoms with Crippen molar-refractivity contribution < 1.29 is 13.9 Å². The number of amides is 1. The number of ether oxygens (including phenoxy) is 1. The van der Waals surface area contributed by atoms with Crippen LogP contribution in [-0.2, 0) is 4.79 Å². The van der Waals surface area contributed by atoms with Crippen LogP contribution in [0, 0.1) is 5.82 Å². The highest BCUT2D eigenvalue weighted by Crippen LogP contribution is 2.27. The Morgan fingerprint density at radius 3 is 2.79 bits per heavy atom. The normalized spacial score (nSPS) is 10.0. The van der Waals surface area contributed by atoms with Crippen molar-refractivity contribution in [1.29, 1.82) is 0 Å². The number of pyridine rings is 1. The van der Waals surface area contributed by atoms with Gasteiger partial charge < -0.3 is 15.8 Å². The number of nitrogens with one attached hydrogen (secondary N) is 1. The van der Waals surface area contributed by atoms with Crippen molar-refractivity contribution >= 4 is 17.4 Å². The molecule has 1 aromatic carbocycles. The number of halogens is 1. The van der Waals surface area contributed by atoms with Crippen molar-refractivity contribution in [2.24, 2.45) is 0 Å². The molecule has 98 valence electrons. The quantitative estimate of drug-likeness (QED) is 0.890. The van der Waals surface area contributed by atoms with Crippen molar-refractivity contribution in [2.45, 2.75) is 6.92 Å². The van der Waals surface area contributed by atoms with Crippen LogP contribution in [-0.4, -0.2) is 10.9 Å². The van der Waals surface area contributed by atoms with Gasteiger partial charge in [-0.2, -0.15) is 0 Å². The third-order valence-corrected chi connectivity index (χ3v) is 2.23. The minimum Gasteiger partial charge on any atom is -0.454 e. The second-order valence-corrected chi connectivity index (χ2v) is 3.84. The lowest BCUT2D eigenvalue weighted by Gasteiger charge is -2.08. The first-order valence-corrected chi connectivity index (χ1v) is 5.51. The molecule has 5 nitrogen and oxygen atoms in total. The van der Waals surface area contributed by atoms with Gasteiger partial charge in [0.25, 0.3) is 0 Å². The smallest absolute Gasteiger partial charge is 0.221 e. The molecule has 1 heterocycles. The topological polar surface area (TPSA) is 77.2 Å². The van der Waals surface area contributed by atoms with Crippen molar-refractivity contribution in [2.75, 3.05) is 11.1 Å². The van der Waals surface area contributed by atoms with Gasteiger partial charge in [0.2, 0.25) is 5.91 Å². The Labute approximate surface area is 109 Å². The van der Waals surface area contributed by atoms with Gasteiger partial charge in [-0.1, -0.05) is 0 Å². The number of nitrogens with zero attached hydrogens (tertiary/aromatic N) is 1. The molecule has 0 aliphatic heterocycles. The molecular formula is C13H12FN3O2. The van der Waals surface area contributed by atoms with E-state index in [0.29, 0.717) is 11.4 Å². The number of nitrogen functional groups attached to an aromatic ring is 1. The Hall–Kier alpha value is -2.63. The predicted octanol–water partition coefficient (Wildman–Crippen LogP) is 2.55. The molecule has 0 fully saturated rings. The van der Waals surface area contributed by atoms with Gasteiger partial charge >= 0.3 is 0 Å². The average Bonchev–Trinajstić information content (AvgIpc) is 2.32. The number of benzene rings is 1. The molecule has 1 amide bonds. The van der Waals surface area contributed by atoms with E-state index in [2.05, 4.69) is 10.3 Å². The first kappa shape index (κ1) is 12.8. The van der Waals surface area contributed by atoms with E-state index in [1.165, 1.54) is 31.3 Å². The lowest BCUT2D eigenvalue weighted by atomic mass is 10.3. The molecule has 6 heteroatoms. The summed E-state index contributed by atoms with van der Waals surface area (Å²) in [6, 6.07) is 7.21. The van der Waals surface area contributed by atoms with Crippen molar-refractivity contribution in [3.05, 3.63) is 42.3 Å². The molecule has 2 aromatic rings. The third-order valence-electron chi connectivity index (χ3n) is 2.23. The summed E-state index contributed by atoms with van der Waals surface area (Å²) in [4.78, 5) is 14.7. The number of carbonyl (C=O) groups excluding carboxylic acids is 1. The summed E-state index contributed by atoms with van der Waals surface area (Å²) in [6.07, 6.45) is 1.47. The predicted molar refractivity (Wildman–Crippen MR) is 69.4 cm³/mol. The molecule has 2 rings (SSSR count). The van der Waals surface area contributed by atoms with Crippen LogP contribution >= 0.6 is 0 Å². The van der Waals surface area contributed by atoms with Crippen LogP contribution in [0.3, 0.4) is 0 Å². The Morgan fingerprint density at radius 1 is 1.37 bits per heavy atom. The molecule has 0 saturated heterocycles. The minimum atomic E-state index is -0.582. The first-order valence-electron chi connectivity index (χ1n) is 5.51. The Kier molecular flexibility index (Phi) is 3.61. The van der Waals surface area contributed by atoms with Gasteiger partial charge in [-0.25, -0.2) is 9.37 Å². The fourth-order valence-electron chi connectivity index (χ4n) is 1.48. The number of hydrogen-bond donors (Lipinski definition) is 2. The molecule has 19 heavy (non-hydrogen) atoms. The zero-order valence-corrected chi connectivity index (χ0v) is 10.2. The van der Waals surface area contributed by atoms with Gasteiger partial charge in [-0.05, 0) is 18.2 Å². The lowest BCUT2D eigenvalue weighted by Crippen LogP contribution is -2.05. The average molecular weight is 261 g/mol.